The highest BCUT2D eigenvalue weighted by Gasteiger charge is 2.24. The van der Waals surface area contributed by atoms with Gasteiger partial charge in [-0.2, -0.15) is 5.26 Å². The Balaban J connectivity index is 3.01. The van der Waals surface area contributed by atoms with Gasteiger partial charge in [0.2, 0.25) is 5.43 Å². The van der Waals surface area contributed by atoms with Crippen LogP contribution in [0.3, 0.4) is 0 Å². The Morgan fingerprint density at radius 2 is 2.08 bits per heavy atom. The second kappa shape index (κ2) is 2.78. The van der Waals surface area contributed by atoms with Crippen molar-refractivity contribution in [3.63, 3.8) is 0 Å². The van der Waals surface area contributed by atoms with Gasteiger partial charge in [-0.1, -0.05) is 6.92 Å². The van der Waals surface area contributed by atoms with Crippen molar-refractivity contribution in [1.82, 2.24) is 0 Å². The standard InChI is InChI=1S/C8H7NO3/c1-4(2-3-9)5-6(10)8(12)7(5)11/h4,10H,2H2,1H3/t4-/m0/s1. The van der Waals surface area contributed by atoms with E-state index in [1.165, 1.54) is 0 Å². The molecule has 0 amide bonds. The summed E-state index contributed by atoms with van der Waals surface area (Å²) in [5.74, 6) is -0.817. The molecule has 4 nitrogen and oxygen atoms in total. The summed E-state index contributed by atoms with van der Waals surface area (Å²) in [5, 5.41) is 17.2. The Hall–Kier alpha value is -1.63. The molecule has 1 rings (SSSR count). The summed E-state index contributed by atoms with van der Waals surface area (Å²) < 4.78 is 0. The van der Waals surface area contributed by atoms with Crippen LogP contribution >= 0.6 is 0 Å². The Kier molecular flexibility index (Phi) is 1.96. The molecule has 1 N–H and O–H groups in total. The monoisotopic (exact) mass is 165 g/mol. The number of nitrogens with zero attached hydrogens (tertiary/aromatic N) is 1. The molecule has 0 bridgehead atoms. The average molecular weight is 165 g/mol. The van der Waals surface area contributed by atoms with E-state index < -0.39 is 16.6 Å². The molecule has 0 aliphatic rings. The molecule has 0 saturated heterocycles. The summed E-state index contributed by atoms with van der Waals surface area (Å²) in [6.07, 6.45) is 0.137. The molecule has 0 saturated carbocycles. The lowest BCUT2D eigenvalue weighted by Gasteiger charge is -2.09. The summed E-state index contributed by atoms with van der Waals surface area (Å²) >= 11 is 0. The minimum absolute atomic E-state index is 0.0987. The van der Waals surface area contributed by atoms with Gasteiger partial charge in [-0.05, 0) is 0 Å². The van der Waals surface area contributed by atoms with Gasteiger partial charge in [0.25, 0.3) is 5.43 Å². The second-order valence-electron chi connectivity index (χ2n) is 2.68. The van der Waals surface area contributed by atoms with Crippen molar-refractivity contribution >= 4 is 0 Å². The quantitative estimate of drug-likeness (QED) is 0.626. The van der Waals surface area contributed by atoms with Crippen molar-refractivity contribution in [1.29, 1.82) is 5.26 Å². The highest BCUT2D eigenvalue weighted by Crippen LogP contribution is 2.22. The maximum Gasteiger partial charge on any atom is 0.267 e. The average Bonchev–Trinajstić information content (AvgIpc) is 2.05. The Bertz CT molecular complexity index is 406. The molecule has 1 aromatic carbocycles. The first kappa shape index (κ1) is 8.47. The van der Waals surface area contributed by atoms with Gasteiger partial charge in [-0.15, -0.1) is 0 Å². The number of aromatic hydroxyl groups is 1. The lowest BCUT2D eigenvalue weighted by molar-refractivity contribution is 0.447. The van der Waals surface area contributed by atoms with Gasteiger partial charge in [-0.25, -0.2) is 0 Å². The predicted molar refractivity (Wildman–Crippen MR) is 41.7 cm³/mol. The predicted octanol–water partition coefficient (Wildman–Crippen LogP) is 0.00538. The fourth-order valence-corrected chi connectivity index (χ4v) is 1.09. The van der Waals surface area contributed by atoms with Crippen LogP contribution in [0.1, 0.15) is 24.8 Å². The van der Waals surface area contributed by atoms with Crippen molar-refractivity contribution < 1.29 is 5.11 Å². The molecule has 0 radical (unpaired) electrons. The van der Waals surface area contributed by atoms with Crippen molar-refractivity contribution in [3.8, 4) is 11.8 Å². The largest absolute Gasteiger partial charge is 0.504 e. The molecule has 0 fully saturated rings. The zero-order valence-corrected chi connectivity index (χ0v) is 6.50. The summed E-state index contributed by atoms with van der Waals surface area (Å²) in [6.45, 7) is 1.62. The molecule has 12 heavy (non-hydrogen) atoms. The zero-order chi connectivity index (χ0) is 9.30. The van der Waals surface area contributed by atoms with E-state index in [4.69, 9.17) is 10.4 Å². The molecule has 0 aliphatic carbocycles. The van der Waals surface area contributed by atoms with Crippen LogP contribution in [0.5, 0.6) is 5.75 Å². The Labute approximate surface area is 68.4 Å². The maximum absolute atomic E-state index is 10.8. The van der Waals surface area contributed by atoms with Crippen LogP contribution in [0.4, 0.5) is 0 Å². The number of hydrogen-bond acceptors (Lipinski definition) is 4. The van der Waals surface area contributed by atoms with Gasteiger partial charge >= 0.3 is 0 Å². The van der Waals surface area contributed by atoms with Gasteiger partial charge in [0.1, 0.15) is 0 Å². The van der Waals surface area contributed by atoms with Crippen molar-refractivity contribution in [2.45, 2.75) is 19.3 Å². The van der Waals surface area contributed by atoms with E-state index in [2.05, 4.69) is 0 Å². The third-order valence-electron chi connectivity index (χ3n) is 1.81. The lowest BCUT2D eigenvalue weighted by atomic mass is 9.93. The fourth-order valence-electron chi connectivity index (χ4n) is 1.09. The van der Waals surface area contributed by atoms with Crippen molar-refractivity contribution in [2.75, 3.05) is 0 Å². The minimum Gasteiger partial charge on any atom is -0.504 e. The number of nitriles is 1. The molecule has 0 unspecified atom stereocenters. The van der Waals surface area contributed by atoms with Crippen molar-refractivity contribution in [3.05, 3.63) is 26.0 Å². The van der Waals surface area contributed by atoms with E-state index in [1.807, 2.05) is 6.07 Å². The number of hydrogen-bond donors (Lipinski definition) is 1. The van der Waals surface area contributed by atoms with Crippen LogP contribution in [-0.2, 0) is 0 Å². The van der Waals surface area contributed by atoms with E-state index in [1.54, 1.807) is 6.92 Å². The van der Waals surface area contributed by atoms with E-state index in [9.17, 15) is 9.59 Å². The maximum atomic E-state index is 10.8. The first-order valence-electron chi connectivity index (χ1n) is 3.48. The van der Waals surface area contributed by atoms with Gasteiger partial charge < -0.3 is 5.11 Å². The summed E-state index contributed by atoms with van der Waals surface area (Å²) in [4.78, 5) is 21.4. The van der Waals surface area contributed by atoms with E-state index in [-0.39, 0.29) is 17.9 Å². The SMILES string of the molecule is C[C@@H](CC#N)c1c(O)c(=O)c1=O. The summed E-state index contributed by atoms with van der Waals surface area (Å²) in [5.41, 5.74) is -1.40. The van der Waals surface area contributed by atoms with E-state index in [0.717, 1.165) is 0 Å². The van der Waals surface area contributed by atoms with E-state index in [0.29, 0.717) is 0 Å². The molecule has 62 valence electrons. The highest BCUT2D eigenvalue weighted by atomic mass is 16.3. The molecular weight excluding hydrogens is 158 g/mol. The molecule has 0 aromatic heterocycles. The highest BCUT2D eigenvalue weighted by molar-refractivity contribution is 5.40. The Morgan fingerprint density at radius 3 is 2.50 bits per heavy atom. The van der Waals surface area contributed by atoms with Crippen LogP contribution in [0.2, 0.25) is 0 Å². The molecule has 0 aliphatic heterocycles. The van der Waals surface area contributed by atoms with Gasteiger partial charge in [0.05, 0.1) is 11.6 Å². The molecule has 0 spiro atoms. The van der Waals surface area contributed by atoms with Crippen LogP contribution in [0.25, 0.3) is 0 Å². The molecular formula is C8H7NO3. The zero-order valence-electron chi connectivity index (χ0n) is 6.50. The summed E-state index contributed by atoms with van der Waals surface area (Å²) in [7, 11) is 0. The third kappa shape index (κ3) is 0.996. The van der Waals surface area contributed by atoms with E-state index >= 15 is 0 Å². The second-order valence-corrected chi connectivity index (χ2v) is 2.68. The third-order valence-corrected chi connectivity index (χ3v) is 1.81. The fraction of sp³-hybridized carbons (Fsp3) is 0.375. The molecule has 0 heterocycles. The van der Waals surface area contributed by atoms with Crippen molar-refractivity contribution in [2.24, 2.45) is 0 Å². The van der Waals surface area contributed by atoms with Crippen LogP contribution in [-0.4, -0.2) is 5.11 Å². The van der Waals surface area contributed by atoms with Crippen LogP contribution in [0.15, 0.2) is 9.59 Å². The number of rotatable bonds is 2. The molecule has 1 atom stereocenters. The van der Waals surface area contributed by atoms with Gasteiger partial charge in [0, 0.05) is 12.3 Å². The lowest BCUT2D eigenvalue weighted by Crippen LogP contribution is -2.35. The van der Waals surface area contributed by atoms with Gasteiger partial charge in [0.15, 0.2) is 5.75 Å². The normalized spacial score (nSPS) is 12.7. The first-order valence-corrected chi connectivity index (χ1v) is 3.48. The van der Waals surface area contributed by atoms with Crippen LogP contribution < -0.4 is 10.9 Å². The topological polar surface area (TPSA) is 78.2 Å². The Morgan fingerprint density at radius 1 is 1.50 bits per heavy atom. The van der Waals surface area contributed by atoms with Crippen LogP contribution in [0, 0.1) is 11.3 Å². The smallest absolute Gasteiger partial charge is 0.267 e. The summed E-state index contributed by atoms with van der Waals surface area (Å²) in [6, 6.07) is 1.86. The van der Waals surface area contributed by atoms with Gasteiger partial charge in [-0.3, -0.25) is 9.59 Å². The first-order chi connectivity index (χ1) is 5.59. The minimum atomic E-state index is -0.838. The molecule has 4 heteroatoms. The molecule has 1 aromatic rings.